The molecule has 1 amide bonds. The van der Waals surface area contributed by atoms with Gasteiger partial charge in [0.05, 0.1) is 0 Å². The van der Waals surface area contributed by atoms with E-state index in [1.54, 1.807) is 0 Å². The van der Waals surface area contributed by atoms with Crippen LogP contribution in [0.15, 0.2) is 0 Å². The molecular formula is C9H15NO3. The van der Waals surface area contributed by atoms with Gasteiger partial charge in [-0.05, 0) is 18.8 Å². The second kappa shape index (κ2) is 4.84. The molecule has 0 aliphatic heterocycles. The quantitative estimate of drug-likeness (QED) is 0.635. The average Bonchev–Trinajstić information content (AvgIpc) is 2.15. The molecule has 0 heterocycles. The first kappa shape index (κ1) is 10.0. The van der Waals surface area contributed by atoms with E-state index in [1.807, 2.05) is 0 Å². The number of aliphatic carboxylic acids is 1. The van der Waals surface area contributed by atoms with Crippen LogP contribution in [0.3, 0.4) is 0 Å². The zero-order valence-electron chi connectivity index (χ0n) is 7.53. The minimum Gasteiger partial charge on any atom is -0.480 e. The summed E-state index contributed by atoms with van der Waals surface area (Å²) in [6.45, 7) is 0. The molecule has 4 nitrogen and oxygen atoms in total. The van der Waals surface area contributed by atoms with Gasteiger partial charge in [0.2, 0.25) is 6.41 Å². The summed E-state index contributed by atoms with van der Waals surface area (Å²) in [6, 6.07) is -0.683. The van der Waals surface area contributed by atoms with E-state index in [1.165, 1.54) is 6.42 Å². The Bertz CT molecular complexity index is 187. The molecule has 1 atom stereocenters. The number of nitrogens with one attached hydrogen (secondary N) is 1. The molecule has 1 fully saturated rings. The van der Waals surface area contributed by atoms with Crippen LogP contribution in [0.1, 0.15) is 32.1 Å². The maximum Gasteiger partial charge on any atom is 0.326 e. The monoisotopic (exact) mass is 185 g/mol. The molecule has 1 rings (SSSR count). The zero-order valence-corrected chi connectivity index (χ0v) is 7.53. The Morgan fingerprint density at radius 3 is 2.46 bits per heavy atom. The van der Waals surface area contributed by atoms with Gasteiger partial charge < -0.3 is 10.4 Å². The van der Waals surface area contributed by atoms with Crippen molar-refractivity contribution in [1.29, 1.82) is 0 Å². The first-order chi connectivity index (χ1) is 6.25. The van der Waals surface area contributed by atoms with Gasteiger partial charge in [0.15, 0.2) is 0 Å². The Morgan fingerprint density at radius 2 is 2.00 bits per heavy atom. The summed E-state index contributed by atoms with van der Waals surface area (Å²) < 4.78 is 0. The Morgan fingerprint density at radius 1 is 1.38 bits per heavy atom. The van der Waals surface area contributed by atoms with Crippen LogP contribution in [0.25, 0.3) is 0 Å². The smallest absolute Gasteiger partial charge is 0.326 e. The van der Waals surface area contributed by atoms with Gasteiger partial charge >= 0.3 is 5.97 Å². The Labute approximate surface area is 77.3 Å². The van der Waals surface area contributed by atoms with E-state index in [4.69, 9.17) is 5.11 Å². The molecule has 13 heavy (non-hydrogen) atoms. The van der Waals surface area contributed by atoms with Gasteiger partial charge in [-0.1, -0.05) is 19.3 Å². The first-order valence-electron chi connectivity index (χ1n) is 4.68. The van der Waals surface area contributed by atoms with Crippen LogP contribution >= 0.6 is 0 Å². The van der Waals surface area contributed by atoms with E-state index in [-0.39, 0.29) is 5.92 Å². The molecular weight excluding hydrogens is 170 g/mol. The highest BCUT2D eigenvalue weighted by Crippen LogP contribution is 2.26. The topological polar surface area (TPSA) is 66.4 Å². The third-order valence-electron chi connectivity index (χ3n) is 2.63. The number of rotatable bonds is 4. The van der Waals surface area contributed by atoms with E-state index in [9.17, 15) is 9.59 Å². The lowest BCUT2D eigenvalue weighted by Crippen LogP contribution is -2.42. The van der Waals surface area contributed by atoms with Gasteiger partial charge in [-0.3, -0.25) is 4.79 Å². The summed E-state index contributed by atoms with van der Waals surface area (Å²) in [4.78, 5) is 21.0. The van der Waals surface area contributed by atoms with Crippen molar-refractivity contribution in [2.45, 2.75) is 38.1 Å². The predicted molar refractivity (Wildman–Crippen MR) is 47.2 cm³/mol. The van der Waals surface area contributed by atoms with Crippen LogP contribution in [0.5, 0.6) is 0 Å². The molecule has 0 unspecified atom stereocenters. The van der Waals surface area contributed by atoms with E-state index >= 15 is 0 Å². The van der Waals surface area contributed by atoms with Crippen molar-refractivity contribution in [1.82, 2.24) is 5.32 Å². The Kier molecular flexibility index (Phi) is 3.73. The number of amides is 1. The van der Waals surface area contributed by atoms with Gasteiger partial charge in [-0.2, -0.15) is 0 Å². The largest absolute Gasteiger partial charge is 0.480 e. The maximum absolute atomic E-state index is 10.8. The highest BCUT2D eigenvalue weighted by atomic mass is 16.4. The van der Waals surface area contributed by atoms with Crippen molar-refractivity contribution in [2.24, 2.45) is 5.92 Å². The van der Waals surface area contributed by atoms with Gasteiger partial charge in [-0.15, -0.1) is 0 Å². The molecule has 2 N–H and O–H groups in total. The Hall–Kier alpha value is -1.06. The fourth-order valence-electron chi connectivity index (χ4n) is 1.95. The lowest BCUT2D eigenvalue weighted by atomic mass is 9.84. The molecule has 0 bridgehead atoms. The molecule has 0 aromatic heterocycles. The van der Waals surface area contributed by atoms with Crippen LogP contribution in [-0.4, -0.2) is 23.5 Å². The van der Waals surface area contributed by atoms with Gasteiger partial charge in [-0.25, -0.2) is 4.79 Å². The molecule has 74 valence electrons. The second-order valence-electron chi connectivity index (χ2n) is 3.50. The molecule has 0 saturated heterocycles. The molecule has 0 aromatic rings. The van der Waals surface area contributed by atoms with Gasteiger partial charge in [0.25, 0.3) is 0 Å². The summed E-state index contributed by atoms with van der Waals surface area (Å²) >= 11 is 0. The number of hydrogen-bond acceptors (Lipinski definition) is 2. The van der Waals surface area contributed by atoms with Crippen molar-refractivity contribution in [3.05, 3.63) is 0 Å². The number of hydrogen-bond donors (Lipinski definition) is 2. The lowest BCUT2D eigenvalue weighted by molar-refractivity contribution is -0.142. The highest BCUT2D eigenvalue weighted by Gasteiger charge is 2.28. The van der Waals surface area contributed by atoms with E-state index in [2.05, 4.69) is 5.32 Å². The molecule has 0 radical (unpaired) electrons. The second-order valence-corrected chi connectivity index (χ2v) is 3.50. The van der Waals surface area contributed by atoms with Crippen LogP contribution < -0.4 is 5.32 Å². The van der Waals surface area contributed by atoms with Crippen LogP contribution in [0, 0.1) is 5.92 Å². The fraction of sp³-hybridized carbons (Fsp3) is 0.778. The SMILES string of the molecule is O=CN[C@@H](C(=O)O)C1CCCCC1. The summed E-state index contributed by atoms with van der Waals surface area (Å²) in [7, 11) is 0. The molecule has 0 spiro atoms. The standard InChI is InChI=1S/C9H15NO3/c11-6-10-8(9(12)13)7-4-2-1-3-5-7/h6-8H,1-5H2,(H,10,11)(H,12,13)/t8-/m1/s1. The van der Waals surface area contributed by atoms with Crippen molar-refractivity contribution >= 4 is 12.4 Å². The van der Waals surface area contributed by atoms with Crippen LogP contribution in [0.2, 0.25) is 0 Å². The predicted octanol–water partition coefficient (Wildman–Crippen LogP) is 0.766. The molecule has 1 aliphatic rings. The third kappa shape index (κ3) is 2.72. The van der Waals surface area contributed by atoms with Gasteiger partial charge in [0.1, 0.15) is 6.04 Å². The number of carbonyl (C=O) groups is 2. The van der Waals surface area contributed by atoms with Crippen LogP contribution in [-0.2, 0) is 9.59 Å². The summed E-state index contributed by atoms with van der Waals surface area (Å²) in [6.07, 6.45) is 5.65. The lowest BCUT2D eigenvalue weighted by Gasteiger charge is -2.26. The highest BCUT2D eigenvalue weighted by molar-refractivity contribution is 5.76. The minimum absolute atomic E-state index is 0.122. The van der Waals surface area contributed by atoms with E-state index in [0.29, 0.717) is 6.41 Å². The molecule has 0 aromatic carbocycles. The number of carboxylic acid groups (broad SMARTS) is 1. The van der Waals surface area contributed by atoms with Crippen molar-refractivity contribution < 1.29 is 14.7 Å². The number of carboxylic acids is 1. The normalized spacial score (nSPS) is 20.6. The minimum atomic E-state index is -0.918. The molecule has 4 heteroatoms. The number of carbonyl (C=O) groups excluding carboxylic acids is 1. The van der Waals surface area contributed by atoms with Gasteiger partial charge in [0, 0.05) is 0 Å². The van der Waals surface area contributed by atoms with Crippen molar-refractivity contribution in [2.75, 3.05) is 0 Å². The van der Waals surface area contributed by atoms with Crippen molar-refractivity contribution in [3.63, 3.8) is 0 Å². The summed E-state index contributed by atoms with van der Waals surface area (Å²) in [5.74, 6) is -0.796. The van der Waals surface area contributed by atoms with E-state index < -0.39 is 12.0 Å². The Balaban J connectivity index is 2.51. The average molecular weight is 185 g/mol. The maximum atomic E-state index is 10.8. The van der Waals surface area contributed by atoms with E-state index in [0.717, 1.165) is 25.7 Å². The van der Waals surface area contributed by atoms with Crippen LogP contribution in [0.4, 0.5) is 0 Å². The first-order valence-corrected chi connectivity index (χ1v) is 4.68. The fourth-order valence-corrected chi connectivity index (χ4v) is 1.95. The summed E-state index contributed by atoms with van der Waals surface area (Å²) in [5.41, 5.74) is 0. The third-order valence-corrected chi connectivity index (χ3v) is 2.63. The molecule has 1 aliphatic carbocycles. The summed E-state index contributed by atoms with van der Waals surface area (Å²) in [5, 5.41) is 11.2. The van der Waals surface area contributed by atoms with Crippen molar-refractivity contribution in [3.8, 4) is 0 Å². The molecule has 1 saturated carbocycles. The zero-order chi connectivity index (χ0) is 9.68.